The summed E-state index contributed by atoms with van der Waals surface area (Å²) >= 11 is 1.36. The number of thioether (sulfide) groups is 1. The van der Waals surface area contributed by atoms with Gasteiger partial charge in [0.1, 0.15) is 0 Å². The van der Waals surface area contributed by atoms with Crippen LogP contribution in [0, 0.1) is 5.92 Å². The molecule has 1 aliphatic carbocycles. The number of hydrogen-bond donors (Lipinski definition) is 1. The Morgan fingerprint density at radius 2 is 2.07 bits per heavy atom. The fraction of sp³-hybridized carbons (Fsp3) is 0.571. The van der Waals surface area contributed by atoms with Gasteiger partial charge >= 0.3 is 0 Å². The summed E-state index contributed by atoms with van der Waals surface area (Å²) < 4.78 is 1.74. The Balaban J connectivity index is 1.79. The number of carbonyl (C=O) groups is 1. The van der Waals surface area contributed by atoms with Gasteiger partial charge in [0.05, 0.1) is 16.7 Å². The molecule has 1 amide bonds. The predicted octanol–water partition coefficient (Wildman–Crippen LogP) is 4.15. The first kappa shape index (κ1) is 19.9. The Morgan fingerprint density at radius 3 is 2.81 bits per heavy atom. The highest BCUT2D eigenvalue weighted by Gasteiger charge is 2.23. The average molecular weight is 388 g/mol. The molecule has 0 spiro atoms. The third-order valence-electron chi connectivity index (χ3n) is 5.60. The number of fused-ring (bicyclic) bond motifs is 1. The summed E-state index contributed by atoms with van der Waals surface area (Å²) in [5, 5.41) is 4.43. The Hall–Kier alpha value is -1.82. The van der Waals surface area contributed by atoms with Crippen LogP contribution in [-0.4, -0.2) is 27.3 Å². The van der Waals surface area contributed by atoms with Crippen molar-refractivity contribution in [2.24, 2.45) is 5.92 Å². The van der Waals surface area contributed by atoms with Gasteiger partial charge in [0.25, 0.3) is 5.56 Å². The lowest BCUT2D eigenvalue weighted by molar-refractivity contribution is -0.119. The molecule has 0 bridgehead atoms. The first-order valence-corrected chi connectivity index (χ1v) is 10.9. The summed E-state index contributed by atoms with van der Waals surface area (Å²) in [6.45, 7) is 6.28. The third-order valence-corrected chi connectivity index (χ3v) is 6.55. The van der Waals surface area contributed by atoms with E-state index >= 15 is 0 Å². The van der Waals surface area contributed by atoms with Gasteiger partial charge in [0.15, 0.2) is 5.16 Å². The van der Waals surface area contributed by atoms with Gasteiger partial charge in [-0.05, 0) is 44.2 Å². The Kier molecular flexibility index (Phi) is 6.58. The number of carbonyl (C=O) groups excluding carboxylic acids is 1. The number of benzene rings is 1. The highest BCUT2D eigenvalue weighted by Crippen LogP contribution is 2.25. The van der Waals surface area contributed by atoms with Gasteiger partial charge in [-0.1, -0.05) is 50.6 Å². The maximum absolute atomic E-state index is 13.0. The van der Waals surface area contributed by atoms with Crippen molar-refractivity contribution >= 4 is 28.6 Å². The van der Waals surface area contributed by atoms with E-state index in [1.54, 1.807) is 4.57 Å². The van der Waals surface area contributed by atoms with E-state index in [0.717, 1.165) is 12.8 Å². The molecular formula is C21H29N3O2S. The van der Waals surface area contributed by atoms with E-state index < -0.39 is 0 Å². The van der Waals surface area contributed by atoms with Gasteiger partial charge in [-0.25, -0.2) is 4.98 Å². The van der Waals surface area contributed by atoms with Crippen molar-refractivity contribution in [1.82, 2.24) is 14.9 Å². The number of amides is 1. The monoisotopic (exact) mass is 387 g/mol. The molecule has 3 rings (SSSR count). The van der Waals surface area contributed by atoms with E-state index in [1.165, 1.54) is 31.0 Å². The van der Waals surface area contributed by atoms with Crippen LogP contribution >= 0.6 is 11.8 Å². The summed E-state index contributed by atoms with van der Waals surface area (Å²) in [7, 11) is 0. The second-order valence-corrected chi connectivity index (χ2v) is 8.51. The number of para-hydroxylation sites is 1. The molecule has 1 aromatic heterocycles. The number of rotatable bonds is 6. The van der Waals surface area contributed by atoms with Crippen LogP contribution in [-0.2, 0) is 4.79 Å². The average Bonchev–Trinajstić information content (AvgIpc) is 2.68. The smallest absolute Gasteiger partial charge is 0.262 e. The van der Waals surface area contributed by atoms with E-state index in [2.05, 4.69) is 24.1 Å². The molecule has 1 saturated carbocycles. The van der Waals surface area contributed by atoms with E-state index in [4.69, 9.17) is 0 Å². The van der Waals surface area contributed by atoms with Crippen LogP contribution in [0.25, 0.3) is 10.9 Å². The third kappa shape index (κ3) is 4.54. The molecule has 1 fully saturated rings. The molecule has 0 unspecified atom stereocenters. The van der Waals surface area contributed by atoms with Gasteiger partial charge in [0, 0.05) is 12.1 Å². The van der Waals surface area contributed by atoms with Crippen molar-refractivity contribution in [3.63, 3.8) is 0 Å². The van der Waals surface area contributed by atoms with Crippen molar-refractivity contribution in [2.75, 3.05) is 5.75 Å². The molecule has 0 aliphatic heterocycles. The van der Waals surface area contributed by atoms with Crippen LogP contribution < -0.4 is 10.9 Å². The van der Waals surface area contributed by atoms with Gasteiger partial charge in [-0.3, -0.25) is 14.2 Å². The number of nitrogens with zero attached hydrogens (tertiary/aromatic N) is 2. The van der Waals surface area contributed by atoms with Gasteiger partial charge in [-0.2, -0.15) is 0 Å². The van der Waals surface area contributed by atoms with Crippen LogP contribution in [0.1, 0.15) is 58.9 Å². The lowest BCUT2D eigenvalue weighted by Crippen LogP contribution is -2.42. The fourth-order valence-electron chi connectivity index (χ4n) is 3.71. The van der Waals surface area contributed by atoms with Gasteiger partial charge in [-0.15, -0.1) is 0 Å². The molecule has 6 heteroatoms. The van der Waals surface area contributed by atoms with E-state index in [9.17, 15) is 9.59 Å². The maximum atomic E-state index is 13.0. The topological polar surface area (TPSA) is 64.0 Å². The molecule has 0 saturated heterocycles. The minimum Gasteiger partial charge on any atom is -0.352 e. The number of hydrogen-bond acceptors (Lipinski definition) is 4. The van der Waals surface area contributed by atoms with Crippen molar-refractivity contribution in [3.05, 3.63) is 34.6 Å². The predicted molar refractivity (Wildman–Crippen MR) is 111 cm³/mol. The van der Waals surface area contributed by atoms with Crippen molar-refractivity contribution < 1.29 is 4.79 Å². The summed E-state index contributed by atoms with van der Waals surface area (Å²) in [6.07, 6.45) is 5.51. The summed E-state index contributed by atoms with van der Waals surface area (Å²) in [5.41, 5.74) is 0.657. The quantitative estimate of drug-likeness (QED) is 0.597. The molecule has 146 valence electrons. The minimum absolute atomic E-state index is 0.0249. The highest BCUT2D eigenvalue weighted by atomic mass is 32.2. The summed E-state index contributed by atoms with van der Waals surface area (Å²) in [4.78, 5) is 30.1. The second-order valence-electron chi connectivity index (χ2n) is 7.57. The van der Waals surface area contributed by atoms with Gasteiger partial charge < -0.3 is 5.32 Å². The molecule has 3 atom stereocenters. The second kappa shape index (κ2) is 8.91. The molecule has 1 N–H and O–H groups in total. The van der Waals surface area contributed by atoms with Crippen molar-refractivity contribution in [3.8, 4) is 0 Å². The van der Waals surface area contributed by atoms with Crippen LogP contribution in [0.3, 0.4) is 0 Å². The van der Waals surface area contributed by atoms with Crippen LogP contribution in [0.4, 0.5) is 0 Å². The van der Waals surface area contributed by atoms with Crippen molar-refractivity contribution in [2.45, 2.75) is 70.1 Å². The molecule has 0 radical (unpaired) electrons. The summed E-state index contributed by atoms with van der Waals surface area (Å²) in [6, 6.07) is 7.72. The Morgan fingerprint density at radius 1 is 1.33 bits per heavy atom. The van der Waals surface area contributed by atoms with Gasteiger partial charge in [0.2, 0.25) is 5.91 Å². The molecule has 1 aliphatic rings. The SMILES string of the molecule is CC[C@H](C)n1c(SCC(=O)N[C@@H]2CCCC[C@@H]2C)nc2ccccc2c1=O. The highest BCUT2D eigenvalue weighted by molar-refractivity contribution is 7.99. The zero-order valence-electron chi connectivity index (χ0n) is 16.4. The molecule has 5 nitrogen and oxygen atoms in total. The zero-order chi connectivity index (χ0) is 19.4. The zero-order valence-corrected chi connectivity index (χ0v) is 17.2. The molecule has 1 aromatic carbocycles. The van der Waals surface area contributed by atoms with Crippen LogP contribution in [0.2, 0.25) is 0 Å². The fourth-order valence-corrected chi connectivity index (χ4v) is 4.62. The Bertz CT molecular complexity index is 864. The lowest BCUT2D eigenvalue weighted by atomic mass is 9.86. The lowest BCUT2D eigenvalue weighted by Gasteiger charge is -2.29. The maximum Gasteiger partial charge on any atom is 0.262 e. The first-order chi connectivity index (χ1) is 13.0. The largest absolute Gasteiger partial charge is 0.352 e. The first-order valence-electron chi connectivity index (χ1n) is 9.94. The van der Waals surface area contributed by atoms with Crippen LogP contribution in [0.5, 0.6) is 0 Å². The minimum atomic E-state index is -0.0289. The molecular weight excluding hydrogens is 358 g/mol. The van der Waals surface area contributed by atoms with E-state index in [-0.39, 0.29) is 29.3 Å². The van der Waals surface area contributed by atoms with Crippen molar-refractivity contribution in [1.29, 1.82) is 0 Å². The number of nitrogens with one attached hydrogen (secondary N) is 1. The standard InChI is InChI=1S/C21H29N3O2S/c1-4-15(3)24-20(26)16-10-6-8-12-18(16)23-21(24)27-13-19(25)22-17-11-7-5-9-14(17)2/h6,8,10,12,14-15,17H,4-5,7,9,11,13H2,1-3H3,(H,22,25)/t14-,15-,17+/m0/s1. The van der Waals surface area contributed by atoms with E-state index in [0.29, 0.717) is 22.0 Å². The molecule has 27 heavy (non-hydrogen) atoms. The normalized spacial score (nSPS) is 21.1. The molecule has 1 heterocycles. The van der Waals surface area contributed by atoms with Crippen LogP contribution in [0.15, 0.2) is 34.2 Å². The van der Waals surface area contributed by atoms with E-state index in [1.807, 2.05) is 31.2 Å². The summed E-state index contributed by atoms with van der Waals surface area (Å²) in [5.74, 6) is 0.839. The Labute approximate surface area is 164 Å². The molecule has 2 aromatic rings. The number of aromatic nitrogens is 2.